The zero-order valence-corrected chi connectivity index (χ0v) is 8.47. The molecule has 1 heterocycles. The number of aliphatic hydroxyl groups excluding tert-OH is 1. The number of carbonyl (C=O) groups excluding carboxylic acids is 1. The molecular formula is C8H12N2O2S. The van der Waals surface area contributed by atoms with Gasteiger partial charge in [0.1, 0.15) is 5.03 Å². The Labute approximate surface area is 80.9 Å². The normalized spacial score (nSPS) is 10.4. The summed E-state index contributed by atoms with van der Waals surface area (Å²) >= 11 is 1.44. The molecule has 0 aliphatic heterocycles. The molecule has 0 unspecified atom stereocenters. The zero-order chi connectivity index (χ0) is 9.84. The molecule has 0 bridgehead atoms. The van der Waals surface area contributed by atoms with E-state index in [1.54, 1.807) is 18.7 Å². The van der Waals surface area contributed by atoms with Crippen LogP contribution in [-0.2, 0) is 7.05 Å². The van der Waals surface area contributed by atoms with E-state index in [2.05, 4.69) is 5.10 Å². The van der Waals surface area contributed by atoms with Gasteiger partial charge in [0.05, 0.1) is 17.9 Å². The maximum atomic E-state index is 10.7. The maximum absolute atomic E-state index is 10.7. The number of aliphatic hydroxyl groups is 1. The standard InChI is InChI=1S/C8H12N2O2S/c1-6-7(5-12)8(10(2)9-6)13-4-3-11/h5,11H,3-4H2,1-2H3. The summed E-state index contributed by atoms with van der Waals surface area (Å²) in [5, 5.41) is 13.6. The van der Waals surface area contributed by atoms with Crippen LogP contribution in [0.4, 0.5) is 0 Å². The first-order chi connectivity index (χ1) is 6.20. The summed E-state index contributed by atoms with van der Waals surface area (Å²) in [5.41, 5.74) is 1.36. The minimum atomic E-state index is 0.104. The van der Waals surface area contributed by atoms with E-state index in [1.165, 1.54) is 11.8 Å². The van der Waals surface area contributed by atoms with Crippen molar-refractivity contribution in [3.05, 3.63) is 11.3 Å². The minimum absolute atomic E-state index is 0.104. The highest BCUT2D eigenvalue weighted by Gasteiger charge is 2.11. The van der Waals surface area contributed by atoms with Crippen LogP contribution in [-0.4, -0.2) is 33.5 Å². The lowest BCUT2D eigenvalue weighted by Crippen LogP contribution is -1.96. The number of aromatic nitrogens is 2. The van der Waals surface area contributed by atoms with Crippen LogP contribution < -0.4 is 0 Å². The fourth-order valence-electron chi connectivity index (χ4n) is 1.10. The van der Waals surface area contributed by atoms with E-state index in [0.29, 0.717) is 11.3 Å². The van der Waals surface area contributed by atoms with Crippen molar-refractivity contribution in [1.29, 1.82) is 0 Å². The maximum Gasteiger partial charge on any atom is 0.154 e. The number of aldehydes is 1. The Morgan fingerprint density at radius 3 is 2.92 bits per heavy atom. The molecule has 0 saturated carbocycles. The third kappa shape index (κ3) is 2.10. The molecule has 0 saturated heterocycles. The van der Waals surface area contributed by atoms with Crippen molar-refractivity contribution in [3.8, 4) is 0 Å². The highest BCUT2D eigenvalue weighted by atomic mass is 32.2. The largest absolute Gasteiger partial charge is 0.396 e. The zero-order valence-electron chi connectivity index (χ0n) is 7.65. The minimum Gasteiger partial charge on any atom is -0.396 e. The Hall–Kier alpha value is -0.810. The monoisotopic (exact) mass is 200 g/mol. The van der Waals surface area contributed by atoms with Gasteiger partial charge >= 0.3 is 0 Å². The van der Waals surface area contributed by atoms with Gasteiger partial charge in [-0.05, 0) is 6.92 Å². The van der Waals surface area contributed by atoms with Gasteiger partial charge in [0.25, 0.3) is 0 Å². The van der Waals surface area contributed by atoms with Crippen LogP contribution in [0.25, 0.3) is 0 Å². The Morgan fingerprint density at radius 1 is 1.69 bits per heavy atom. The lowest BCUT2D eigenvalue weighted by molar-refractivity contribution is 0.112. The number of nitrogens with zero attached hydrogens (tertiary/aromatic N) is 2. The molecule has 1 rings (SSSR count). The summed E-state index contributed by atoms with van der Waals surface area (Å²) in [6.45, 7) is 1.90. The summed E-state index contributed by atoms with van der Waals surface area (Å²) in [5.74, 6) is 0.583. The molecule has 0 atom stereocenters. The second-order valence-electron chi connectivity index (χ2n) is 2.62. The van der Waals surface area contributed by atoms with Crippen LogP contribution in [0.3, 0.4) is 0 Å². The third-order valence-corrected chi connectivity index (χ3v) is 2.81. The molecule has 0 aliphatic carbocycles. The van der Waals surface area contributed by atoms with Gasteiger partial charge in [0.15, 0.2) is 6.29 Å². The lowest BCUT2D eigenvalue weighted by atomic mass is 10.3. The van der Waals surface area contributed by atoms with Crippen LogP contribution >= 0.6 is 11.8 Å². The molecule has 0 aliphatic rings. The van der Waals surface area contributed by atoms with Gasteiger partial charge in [0.2, 0.25) is 0 Å². The molecule has 1 aromatic heterocycles. The molecule has 1 aromatic rings. The van der Waals surface area contributed by atoms with Crippen LogP contribution in [0, 0.1) is 6.92 Å². The summed E-state index contributed by atoms with van der Waals surface area (Å²) in [7, 11) is 1.79. The smallest absolute Gasteiger partial charge is 0.154 e. The van der Waals surface area contributed by atoms with Crippen molar-refractivity contribution in [2.45, 2.75) is 11.9 Å². The van der Waals surface area contributed by atoms with Gasteiger partial charge in [-0.1, -0.05) is 0 Å². The molecule has 13 heavy (non-hydrogen) atoms. The number of thioether (sulfide) groups is 1. The van der Waals surface area contributed by atoms with E-state index < -0.39 is 0 Å². The van der Waals surface area contributed by atoms with E-state index in [4.69, 9.17) is 5.11 Å². The SMILES string of the molecule is Cc1nn(C)c(SCCO)c1C=O. The molecule has 0 spiro atoms. The number of aryl methyl sites for hydroxylation is 2. The Balaban J connectivity index is 2.95. The summed E-state index contributed by atoms with van der Waals surface area (Å²) in [6, 6.07) is 0. The van der Waals surface area contributed by atoms with E-state index in [1.807, 2.05) is 0 Å². The van der Waals surface area contributed by atoms with Crippen molar-refractivity contribution < 1.29 is 9.90 Å². The first-order valence-corrected chi connectivity index (χ1v) is 4.91. The number of carbonyl (C=O) groups is 1. The molecular weight excluding hydrogens is 188 g/mol. The van der Waals surface area contributed by atoms with Gasteiger partial charge in [-0.25, -0.2) is 0 Å². The van der Waals surface area contributed by atoms with Gasteiger partial charge < -0.3 is 5.11 Å². The van der Waals surface area contributed by atoms with Gasteiger partial charge in [-0.15, -0.1) is 11.8 Å². The van der Waals surface area contributed by atoms with Crippen molar-refractivity contribution in [2.75, 3.05) is 12.4 Å². The fourth-order valence-corrected chi connectivity index (χ4v) is 1.97. The van der Waals surface area contributed by atoms with Crippen LogP contribution in [0.1, 0.15) is 16.1 Å². The lowest BCUT2D eigenvalue weighted by Gasteiger charge is -1.99. The molecule has 0 amide bonds. The summed E-state index contributed by atoms with van der Waals surface area (Å²) in [4.78, 5) is 10.7. The van der Waals surface area contributed by atoms with Crippen LogP contribution in [0.5, 0.6) is 0 Å². The summed E-state index contributed by atoms with van der Waals surface area (Å²) < 4.78 is 1.67. The van der Waals surface area contributed by atoms with Crippen molar-refractivity contribution in [3.63, 3.8) is 0 Å². The van der Waals surface area contributed by atoms with Gasteiger partial charge in [0, 0.05) is 12.8 Å². The van der Waals surface area contributed by atoms with Crippen LogP contribution in [0.15, 0.2) is 5.03 Å². The van der Waals surface area contributed by atoms with Gasteiger partial charge in [-0.2, -0.15) is 5.10 Å². The quantitative estimate of drug-likeness (QED) is 0.572. The Bertz CT molecular complexity index is 309. The molecule has 72 valence electrons. The number of hydrogen-bond acceptors (Lipinski definition) is 4. The average molecular weight is 200 g/mol. The Morgan fingerprint density at radius 2 is 2.38 bits per heavy atom. The second-order valence-corrected chi connectivity index (χ2v) is 3.70. The van der Waals surface area contributed by atoms with E-state index in [9.17, 15) is 4.79 Å². The number of hydrogen-bond donors (Lipinski definition) is 1. The second kappa shape index (κ2) is 4.43. The first-order valence-electron chi connectivity index (χ1n) is 3.93. The third-order valence-electron chi connectivity index (χ3n) is 1.66. The molecule has 5 heteroatoms. The van der Waals surface area contributed by atoms with Crippen LogP contribution in [0.2, 0.25) is 0 Å². The molecule has 4 nitrogen and oxygen atoms in total. The molecule has 0 radical (unpaired) electrons. The topological polar surface area (TPSA) is 55.1 Å². The van der Waals surface area contributed by atoms with Crippen molar-refractivity contribution in [1.82, 2.24) is 9.78 Å². The highest BCUT2D eigenvalue weighted by Crippen LogP contribution is 2.22. The predicted molar refractivity (Wildman–Crippen MR) is 51.1 cm³/mol. The predicted octanol–water partition coefficient (Wildman–Crippen LogP) is 0.625. The molecule has 0 aromatic carbocycles. The van der Waals surface area contributed by atoms with Gasteiger partial charge in [-0.3, -0.25) is 9.48 Å². The first kappa shape index (κ1) is 10.3. The van der Waals surface area contributed by atoms with E-state index >= 15 is 0 Å². The van der Waals surface area contributed by atoms with Crippen molar-refractivity contribution in [2.24, 2.45) is 7.05 Å². The summed E-state index contributed by atoms with van der Waals surface area (Å²) in [6.07, 6.45) is 0.808. The molecule has 1 N–H and O–H groups in total. The van der Waals surface area contributed by atoms with Crippen molar-refractivity contribution >= 4 is 18.0 Å². The highest BCUT2D eigenvalue weighted by molar-refractivity contribution is 7.99. The number of rotatable bonds is 4. The molecule has 0 fully saturated rings. The average Bonchev–Trinajstić information content (AvgIpc) is 2.37. The fraction of sp³-hybridized carbons (Fsp3) is 0.500. The van der Waals surface area contributed by atoms with E-state index in [0.717, 1.165) is 17.0 Å². The Kier molecular flexibility index (Phi) is 3.50. The van der Waals surface area contributed by atoms with E-state index in [-0.39, 0.29) is 6.61 Å².